The maximum absolute atomic E-state index is 13.9. The van der Waals surface area contributed by atoms with E-state index < -0.39 is 16.6 Å². The lowest BCUT2D eigenvalue weighted by Crippen LogP contribution is -2.56. The molecule has 3 heterocycles. The van der Waals surface area contributed by atoms with Crippen molar-refractivity contribution < 1.29 is 18.5 Å². The number of fused-ring (bicyclic) bond motifs is 1. The van der Waals surface area contributed by atoms with Gasteiger partial charge in [0.2, 0.25) is 0 Å². The Morgan fingerprint density at radius 1 is 1.18 bits per heavy atom. The lowest BCUT2D eigenvalue weighted by Gasteiger charge is -2.53. The number of amides is 2. The second kappa shape index (κ2) is 7.62. The Labute approximate surface area is 192 Å². The van der Waals surface area contributed by atoms with Crippen molar-refractivity contribution in [2.45, 2.75) is 58.4 Å². The summed E-state index contributed by atoms with van der Waals surface area (Å²) in [6, 6.07) is 4.42. The van der Waals surface area contributed by atoms with Gasteiger partial charge in [0.25, 0.3) is 11.8 Å². The van der Waals surface area contributed by atoms with Gasteiger partial charge in [-0.3, -0.25) is 14.9 Å². The minimum atomic E-state index is -0.756. The monoisotopic (exact) mass is 451 g/mol. The van der Waals surface area contributed by atoms with Crippen LogP contribution in [0.4, 0.5) is 4.39 Å². The summed E-state index contributed by atoms with van der Waals surface area (Å²) < 4.78 is 19.5. The minimum Gasteiger partial charge on any atom is -0.356 e. The van der Waals surface area contributed by atoms with Gasteiger partial charge in [0, 0.05) is 40.0 Å². The van der Waals surface area contributed by atoms with Crippen LogP contribution in [0.25, 0.3) is 11.0 Å². The second-order valence-electron chi connectivity index (χ2n) is 10.5. The highest BCUT2D eigenvalue weighted by molar-refractivity contribution is 6.21. The van der Waals surface area contributed by atoms with Crippen LogP contribution in [0.3, 0.4) is 0 Å². The van der Waals surface area contributed by atoms with E-state index in [-0.39, 0.29) is 23.8 Å². The molecule has 1 aliphatic carbocycles. The third kappa shape index (κ3) is 3.20. The summed E-state index contributed by atoms with van der Waals surface area (Å²) in [6.07, 6.45) is 7.22. The van der Waals surface area contributed by atoms with Gasteiger partial charge in [-0.2, -0.15) is 0 Å². The standard InChI is InChI=1S/C26H30FN3O3/c1-15(30-12-6-5-7-13-30)21-20-18(23(31)28-24(20)32)10-11-26(21,25(2,3)4)22-17-9-8-16(27)14-19(17)33-29-22/h8-11,14-15,21H,5-7,12-13H2,1-4H3,(H,28,31,32). The number of halogens is 1. The van der Waals surface area contributed by atoms with Crippen LogP contribution in [0.1, 0.15) is 52.7 Å². The highest BCUT2D eigenvalue weighted by Crippen LogP contribution is 2.56. The number of likely N-dealkylation sites (tertiary alicyclic amines) is 1. The zero-order valence-corrected chi connectivity index (χ0v) is 19.6. The van der Waals surface area contributed by atoms with Crippen molar-refractivity contribution in [3.8, 4) is 0 Å². The fourth-order valence-electron chi connectivity index (χ4n) is 6.17. The third-order valence-electron chi connectivity index (χ3n) is 7.84. The molecule has 3 aliphatic rings. The van der Waals surface area contributed by atoms with Crippen LogP contribution >= 0.6 is 0 Å². The van der Waals surface area contributed by atoms with Gasteiger partial charge in [-0.1, -0.05) is 44.5 Å². The van der Waals surface area contributed by atoms with Crippen LogP contribution in [0.2, 0.25) is 0 Å². The quantitative estimate of drug-likeness (QED) is 0.706. The summed E-state index contributed by atoms with van der Waals surface area (Å²) in [4.78, 5) is 28.2. The summed E-state index contributed by atoms with van der Waals surface area (Å²) >= 11 is 0. The SMILES string of the molecule is CC(C1C2=C(C=CC1(c1noc3cc(F)ccc13)C(C)(C)C)C(=O)NC2=O)N1CCCCC1. The van der Waals surface area contributed by atoms with Crippen LogP contribution in [0, 0.1) is 17.2 Å². The van der Waals surface area contributed by atoms with E-state index in [9.17, 15) is 14.0 Å². The predicted octanol–water partition coefficient (Wildman–Crippen LogP) is 4.26. The summed E-state index contributed by atoms with van der Waals surface area (Å²) in [5.74, 6) is -1.41. The van der Waals surface area contributed by atoms with Gasteiger partial charge in [0.05, 0.1) is 0 Å². The normalized spacial score (nSPS) is 27.2. The fourth-order valence-corrected chi connectivity index (χ4v) is 6.17. The number of allylic oxidation sites excluding steroid dienone is 1. The first-order chi connectivity index (χ1) is 15.6. The van der Waals surface area contributed by atoms with E-state index >= 15 is 0 Å². The van der Waals surface area contributed by atoms with Crippen molar-refractivity contribution in [2.24, 2.45) is 11.3 Å². The van der Waals surface area contributed by atoms with Crippen LogP contribution in [-0.4, -0.2) is 41.0 Å². The van der Waals surface area contributed by atoms with Gasteiger partial charge >= 0.3 is 0 Å². The molecule has 0 bridgehead atoms. The van der Waals surface area contributed by atoms with Gasteiger partial charge < -0.3 is 9.42 Å². The second-order valence-corrected chi connectivity index (χ2v) is 10.5. The zero-order valence-electron chi connectivity index (χ0n) is 19.6. The van der Waals surface area contributed by atoms with Crippen molar-refractivity contribution in [2.75, 3.05) is 13.1 Å². The Morgan fingerprint density at radius 3 is 2.61 bits per heavy atom. The number of nitrogens with one attached hydrogen (secondary N) is 1. The van der Waals surface area contributed by atoms with Crippen LogP contribution in [0.15, 0.2) is 46.0 Å². The molecule has 0 saturated carbocycles. The molecule has 1 saturated heterocycles. The van der Waals surface area contributed by atoms with E-state index in [1.54, 1.807) is 12.1 Å². The Balaban J connectivity index is 1.78. The van der Waals surface area contributed by atoms with Crippen LogP contribution in [0.5, 0.6) is 0 Å². The van der Waals surface area contributed by atoms with Crippen molar-refractivity contribution in [3.05, 3.63) is 53.0 Å². The number of imide groups is 1. The van der Waals surface area contributed by atoms with Crippen molar-refractivity contribution >= 4 is 22.8 Å². The summed E-state index contributed by atoms with van der Waals surface area (Å²) in [6.45, 7) is 10.4. The van der Waals surface area contributed by atoms with Crippen molar-refractivity contribution in [3.63, 3.8) is 0 Å². The van der Waals surface area contributed by atoms with Gasteiger partial charge in [0.1, 0.15) is 11.5 Å². The largest absolute Gasteiger partial charge is 0.356 e. The van der Waals surface area contributed by atoms with Gasteiger partial charge in [0.15, 0.2) is 5.58 Å². The number of nitrogens with zero attached hydrogens (tertiary/aromatic N) is 2. The van der Waals surface area contributed by atoms with Crippen LogP contribution in [-0.2, 0) is 15.0 Å². The summed E-state index contributed by atoms with van der Waals surface area (Å²) in [7, 11) is 0. The zero-order chi connectivity index (χ0) is 23.5. The molecule has 6 nitrogen and oxygen atoms in total. The minimum absolute atomic E-state index is 0.0247. The summed E-state index contributed by atoms with van der Waals surface area (Å²) in [5.41, 5.74) is 0.850. The van der Waals surface area contributed by atoms with Gasteiger partial charge in [-0.25, -0.2) is 4.39 Å². The molecule has 2 aliphatic heterocycles. The Bertz CT molecular complexity index is 1200. The molecule has 174 valence electrons. The molecule has 1 aromatic heterocycles. The Kier molecular flexibility index (Phi) is 5.08. The maximum Gasteiger partial charge on any atom is 0.258 e. The molecule has 2 amide bonds. The van der Waals surface area contributed by atoms with Crippen molar-refractivity contribution in [1.29, 1.82) is 0 Å². The first kappa shape index (κ1) is 22.0. The molecule has 0 spiro atoms. The molecule has 33 heavy (non-hydrogen) atoms. The van der Waals surface area contributed by atoms with E-state index in [1.807, 2.05) is 6.08 Å². The molecule has 0 radical (unpaired) electrons. The molecular formula is C26H30FN3O3. The predicted molar refractivity (Wildman–Crippen MR) is 123 cm³/mol. The number of rotatable bonds is 3. The number of hydrogen-bond acceptors (Lipinski definition) is 5. The molecule has 1 aromatic carbocycles. The number of piperidine rings is 1. The van der Waals surface area contributed by atoms with E-state index in [4.69, 9.17) is 4.52 Å². The smallest absolute Gasteiger partial charge is 0.258 e. The molecule has 2 aromatic rings. The first-order valence-electron chi connectivity index (χ1n) is 11.7. The molecule has 5 rings (SSSR count). The average Bonchev–Trinajstić information content (AvgIpc) is 3.32. The topological polar surface area (TPSA) is 75.4 Å². The van der Waals surface area contributed by atoms with E-state index in [0.29, 0.717) is 22.4 Å². The molecular weight excluding hydrogens is 421 g/mol. The number of benzene rings is 1. The van der Waals surface area contributed by atoms with E-state index in [2.05, 4.69) is 43.1 Å². The third-order valence-corrected chi connectivity index (χ3v) is 7.84. The van der Waals surface area contributed by atoms with Gasteiger partial charge in [-0.05, 0) is 50.4 Å². The van der Waals surface area contributed by atoms with Crippen molar-refractivity contribution in [1.82, 2.24) is 15.4 Å². The number of aromatic nitrogens is 1. The molecule has 3 unspecified atom stereocenters. The van der Waals surface area contributed by atoms with E-state index in [1.165, 1.54) is 18.6 Å². The number of carbonyl (C=O) groups excluding carboxylic acids is 2. The maximum atomic E-state index is 13.9. The lowest BCUT2D eigenvalue weighted by atomic mass is 9.52. The number of hydrogen-bond donors (Lipinski definition) is 1. The highest BCUT2D eigenvalue weighted by atomic mass is 19.1. The molecule has 3 atom stereocenters. The first-order valence-corrected chi connectivity index (χ1v) is 11.7. The van der Waals surface area contributed by atoms with Crippen LogP contribution < -0.4 is 5.32 Å². The Morgan fingerprint density at radius 2 is 1.91 bits per heavy atom. The molecule has 7 heteroatoms. The average molecular weight is 452 g/mol. The number of carbonyl (C=O) groups is 2. The van der Waals surface area contributed by atoms with Gasteiger partial charge in [-0.15, -0.1) is 0 Å². The lowest BCUT2D eigenvalue weighted by molar-refractivity contribution is -0.124. The Hall–Kier alpha value is -2.80. The fraction of sp³-hybridized carbons (Fsp3) is 0.500. The van der Waals surface area contributed by atoms with E-state index in [0.717, 1.165) is 31.3 Å². The summed E-state index contributed by atoms with van der Waals surface area (Å²) in [5, 5.41) is 7.72. The molecule has 1 fully saturated rings. The highest BCUT2D eigenvalue weighted by Gasteiger charge is 2.58. The molecule has 1 N–H and O–H groups in total.